The number of alkyl halides is 3. The summed E-state index contributed by atoms with van der Waals surface area (Å²) in [5, 5.41) is 9.09. The van der Waals surface area contributed by atoms with Crippen molar-refractivity contribution < 1.29 is 23.0 Å². The van der Waals surface area contributed by atoms with Crippen LogP contribution in [0.25, 0.3) is 0 Å². The highest BCUT2D eigenvalue weighted by Gasteiger charge is 2.35. The van der Waals surface area contributed by atoms with E-state index in [1.165, 1.54) is 13.0 Å². The molecule has 0 amide bonds. The Bertz CT molecular complexity index is 358. The molecule has 1 aromatic rings. The number of phenolic OH excluding ortho intramolecular Hbond substituents is 1. The average Bonchev–Trinajstić information content (AvgIpc) is 2.07. The van der Waals surface area contributed by atoms with Crippen LogP contribution in [-0.2, 0) is 6.18 Å². The van der Waals surface area contributed by atoms with Gasteiger partial charge in [-0.15, -0.1) is 0 Å². The Morgan fingerprint density at radius 2 is 1.93 bits per heavy atom. The molecule has 84 valence electrons. The third kappa shape index (κ3) is 2.55. The molecule has 0 unspecified atom stereocenters. The van der Waals surface area contributed by atoms with Crippen LogP contribution in [0.5, 0.6) is 11.5 Å². The van der Waals surface area contributed by atoms with Crippen molar-refractivity contribution in [3.05, 3.63) is 23.3 Å². The first kappa shape index (κ1) is 11.7. The fourth-order valence-electron chi connectivity index (χ4n) is 1.30. The van der Waals surface area contributed by atoms with Gasteiger partial charge >= 0.3 is 6.18 Å². The second kappa shape index (κ2) is 4.00. The standard InChI is InChI=1S/C10H11F3O2/c1-3-15-9-6(2)4-7(14)5-8(9)10(11,12)13/h4-5,14H,3H2,1-2H3. The normalized spacial score (nSPS) is 11.5. The van der Waals surface area contributed by atoms with Crippen LogP contribution in [0.2, 0.25) is 0 Å². The van der Waals surface area contributed by atoms with E-state index in [-0.39, 0.29) is 17.9 Å². The minimum Gasteiger partial charge on any atom is -0.508 e. The number of phenols is 1. The summed E-state index contributed by atoms with van der Waals surface area (Å²) in [4.78, 5) is 0. The van der Waals surface area contributed by atoms with E-state index in [4.69, 9.17) is 9.84 Å². The molecule has 0 aliphatic carbocycles. The van der Waals surface area contributed by atoms with Gasteiger partial charge < -0.3 is 9.84 Å². The molecule has 1 rings (SSSR count). The first-order valence-corrected chi connectivity index (χ1v) is 4.40. The molecule has 0 saturated carbocycles. The smallest absolute Gasteiger partial charge is 0.420 e. The van der Waals surface area contributed by atoms with E-state index in [0.717, 1.165) is 0 Å². The lowest BCUT2D eigenvalue weighted by molar-refractivity contribution is -0.139. The highest BCUT2D eigenvalue weighted by atomic mass is 19.4. The van der Waals surface area contributed by atoms with E-state index >= 15 is 0 Å². The van der Waals surface area contributed by atoms with Gasteiger partial charge in [0.2, 0.25) is 0 Å². The van der Waals surface area contributed by atoms with Gasteiger partial charge in [-0.1, -0.05) is 0 Å². The van der Waals surface area contributed by atoms with Crippen LogP contribution in [-0.4, -0.2) is 11.7 Å². The first-order chi connectivity index (χ1) is 6.86. The molecule has 0 spiro atoms. The van der Waals surface area contributed by atoms with Gasteiger partial charge in [-0.3, -0.25) is 0 Å². The lowest BCUT2D eigenvalue weighted by Gasteiger charge is -2.15. The van der Waals surface area contributed by atoms with Gasteiger partial charge in [0.05, 0.1) is 6.61 Å². The number of aromatic hydroxyl groups is 1. The second-order valence-corrected chi connectivity index (χ2v) is 3.07. The molecule has 0 fully saturated rings. The number of hydrogen-bond acceptors (Lipinski definition) is 2. The van der Waals surface area contributed by atoms with Crippen molar-refractivity contribution in [1.29, 1.82) is 0 Å². The third-order valence-corrected chi connectivity index (χ3v) is 1.85. The van der Waals surface area contributed by atoms with Crippen molar-refractivity contribution in [2.24, 2.45) is 0 Å². The van der Waals surface area contributed by atoms with E-state index < -0.39 is 17.5 Å². The molecule has 2 nitrogen and oxygen atoms in total. The van der Waals surface area contributed by atoms with Crippen molar-refractivity contribution in [3.8, 4) is 11.5 Å². The zero-order valence-electron chi connectivity index (χ0n) is 8.35. The molecule has 0 atom stereocenters. The van der Waals surface area contributed by atoms with Crippen LogP contribution in [0.3, 0.4) is 0 Å². The molecular formula is C10H11F3O2. The summed E-state index contributed by atoms with van der Waals surface area (Å²) >= 11 is 0. The Morgan fingerprint density at radius 3 is 2.40 bits per heavy atom. The van der Waals surface area contributed by atoms with Gasteiger partial charge in [0.1, 0.15) is 17.1 Å². The topological polar surface area (TPSA) is 29.5 Å². The number of aryl methyl sites for hydroxylation is 1. The molecule has 5 heteroatoms. The number of rotatable bonds is 2. The Labute approximate surface area is 85.3 Å². The van der Waals surface area contributed by atoms with Crippen molar-refractivity contribution in [1.82, 2.24) is 0 Å². The molecule has 0 saturated heterocycles. The van der Waals surface area contributed by atoms with E-state index in [9.17, 15) is 13.2 Å². The SMILES string of the molecule is CCOc1c(C)cc(O)cc1C(F)(F)F. The first-order valence-electron chi connectivity index (χ1n) is 4.40. The predicted octanol–water partition coefficient (Wildman–Crippen LogP) is 3.12. The third-order valence-electron chi connectivity index (χ3n) is 1.85. The molecule has 1 N–H and O–H groups in total. The lowest BCUT2D eigenvalue weighted by Crippen LogP contribution is -2.09. The summed E-state index contributed by atoms with van der Waals surface area (Å²) in [6, 6.07) is 1.90. The van der Waals surface area contributed by atoms with Gasteiger partial charge in [-0.2, -0.15) is 13.2 Å². The molecule has 15 heavy (non-hydrogen) atoms. The maximum atomic E-state index is 12.5. The molecular weight excluding hydrogens is 209 g/mol. The predicted molar refractivity (Wildman–Crippen MR) is 49.0 cm³/mol. The second-order valence-electron chi connectivity index (χ2n) is 3.07. The maximum Gasteiger partial charge on any atom is 0.420 e. The van der Waals surface area contributed by atoms with Crippen LogP contribution < -0.4 is 4.74 Å². The molecule has 0 aliphatic heterocycles. The van der Waals surface area contributed by atoms with Gasteiger partial charge in [0, 0.05) is 0 Å². The summed E-state index contributed by atoms with van der Waals surface area (Å²) in [6.07, 6.45) is -4.52. The Hall–Kier alpha value is -1.39. The summed E-state index contributed by atoms with van der Waals surface area (Å²) in [7, 11) is 0. The van der Waals surface area contributed by atoms with Crippen LogP contribution in [0.15, 0.2) is 12.1 Å². The van der Waals surface area contributed by atoms with E-state index in [2.05, 4.69) is 0 Å². The fourth-order valence-corrected chi connectivity index (χ4v) is 1.30. The van der Waals surface area contributed by atoms with Crippen molar-refractivity contribution in [3.63, 3.8) is 0 Å². The van der Waals surface area contributed by atoms with Crippen LogP contribution in [0, 0.1) is 6.92 Å². The summed E-state index contributed by atoms with van der Waals surface area (Å²) in [5.41, 5.74) is -0.675. The summed E-state index contributed by atoms with van der Waals surface area (Å²) in [6.45, 7) is 3.21. The van der Waals surface area contributed by atoms with Gasteiger partial charge in [0.25, 0.3) is 0 Å². The number of halogens is 3. The largest absolute Gasteiger partial charge is 0.508 e. The molecule has 1 aromatic carbocycles. The number of benzene rings is 1. The monoisotopic (exact) mass is 220 g/mol. The fraction of sp³-hybridized carbons (Fsp3) is 0.400. The van der Waals surface area contributed by atoms with Gasteiger partial charge in [0.15, 0.2) is 0 Å². The van der Waals surface area contributed by atoms with E-state index in [1.54, 1.807) is 6.92 Å². The molecule has 0 bridgehead atoms. The lowest BCUT2D eigenvalue weighted by atomic mass is 10.1. The molecule has 0 aliphatic rings. The van der Waals surface area contributed by atoms with E-state index in [1.807, 2.05) is 0 Å². The number of ether oxygens (including phenoxy) is 1. The van der Waals surface area contributed by atoms with Crippen LogP contribution in [0.1, 0.15) is 18.1 Å². The Kier molecular flexibility index (Phi) is 3.12. The molecule has 0 radical (unpaired) electrons. The zero-order valence-corrected chi connectivity index (χ0v) is 8.35. The minimum atomic E-state index is -4.52. The van der Waals surface area contributed by atoms with Crippen molar-refractivity contribution >= 4 is 0 Å². The molecule has 0 aromatic heterocycles. The zero-order chi connectivity index (χ0) is 11.6. The van der Waals surface area contributed by atoms with E-state index in [0.29, 0.717) is 6.07 Å². The van der Waals surface area contributed by atoms with Crippen LogP contribution in [0.4, 0.5) is 13.2 Å². The minimum absolute atomic E-state index is 0.148. The Morgan fingerprint density at radius 1 is 1.33 bits per heavy atom. The Balaban J connectivity index is 3.33. The number of hydrogen-bond donors (Lipinski definition) is 1. The van der Waals surface area contributed by atoms with Crippen molar-refractivity contribution in [2.45, 2.75) is 20.0 Å². The molecule has 0 heterocycles. The quantitative estimate of drug-likeness (QED) is 0.829. The highest BCUT2D eigenvalue weighted by molar-refractivity contribution is 5.47. The summed E-state index contributed by atoms with van der Waals surface area (Å²) < 4.78 is 42.5. The van der Waals surface area contributed by atoms with Crippen LogP contribution >= 0.6 is 0 Å². The summed E-state index contributed by atoms with van der Waals surface area (Å²) in [5.74, 6) is -0.633. The van der Waals surface area contributed by atoms with Crippen molar-refractivity contribution in [2.75, 3.05) is 6.61 Å². The highest BCUT2D eigenvalue weighted by Crippen LogP contribution is 2.40. The van der Waals surface area contributed by atoms with Gasteiger partial charge in [-0.05, 0) is 31.5 Å². The maximum absolute atomic E-state index is 12.5. The average molecular weight is 220 g/mol. The van der Waals surface area contributed by atoms with Gasteiger partial charge in [-0.25, -0.2) is 0 Å².